The lowest BCUT2D eigenvalue weighted by molar-refractivity contribution is -0.384. The maximum atomic E-state index is 12.2. The number of nitro groups is 1. The molecule has 2 aromatic carbocycles. The minimum Gasteiger partial charge on any atom is -0.504 e. The fourth-order valence-electron chi connectivity index (χ4n) is 2.51. The normalized spacial score (nSPS) is 10.8. The van der Waals surface area contributed by atoms with Crippen LogP contribution in [0, 0.1) is 10.1 Å². The first-order chi connectivity index (χ1) is 14.0. The third kappa shape index (κ3) is 4.75. The van der Waals surface area contributed by atoms with Crippen LogP contribution in [-0.4, -0.2) is 39.0 Å². The summed E-state index contributed by atoms with van der Waals surface area (Å²) < 4.78 is 6.54. The summed E-state index contributed by atoms with van der Waals surface area (Å²) in [5.74, 6) is -0.309. The molecule has 0 aliphatic heterocycles. The number of ether oxygens (including phenoxy) is 1. The second kappa shape index (κ2) is 8.65. The van der Waals surface area contributed by atoms with Gasteiger partial charge in [-0.25, -0.2) is 5.43 Å². The summed E-state index contributed by atoms with van der Waals surface area (Å²) in [5, 5.41) is 28.7. The van der Waals surface area contributed by atoms with Gasteiger partial charge in [0.15, 0.2) is 17.2 Å². The molecule has 3 aromatic rings. The van der Waals surface area contributed by atoms with E-state index in [0.29, 0.717) is 17.9 Å². The third-order valence-corrected chi connectivity index (χ3v) is 3.98. The van der Waals surface area contributed by atoms with Crippen molar-refractivity contribution in [2.75, 3.05) is 7.11 Å². The topological polar surface area (TPSA) is 132 Å². The number of rotatable bonds is 7. The van der Waals surface area contributed by atoms with E-state index in [2.05, 4.69) is 15.6 Å². The molecule has 0 spiro atoms. The van der Waals surface area contributed by atoms with Crippen LogP contribution in [0.5, 0.6) is 11.5 Å². The van der Waals surface area contributed by atoms with Crippen molar-refractivity contribution < 1.29 is 19.6 Å². The van der Waals surface area contributed by atoms with Gasteiger partial charge in [-0.2, -0.15) is 10.2 Å². The quantitative estimate of drug-likeness (QED) is 0.358. The van der Waals surface area contributed by atoms with Crippen LogP contribution in [0.25, 0.3) is 0 Å². The van der Waals surface area contributed by atoms with E-state index in [1.165, 1.54) is 36.2 Å². The number of carbonyl (C=O) groups is 1. The van der Waals surface area contributed by atoms with Gasteiger partial charge in [-0.05, 0) is 23.8 Å². The highest BCUT2D eigenvalue weighted by molar-refractivity contribution is 5.93. The lowest BCUT2D eigenvalue weighted by atomic mass is 10.2. The Labute approximate surface area is 165 Å². The summed E-state index contributed by atoms with van der Waals surface area (Å²) >= 11 is 0. The molecule has 1 heterocycles. The molecular weight excluding hydrogens is 378 g/mol. The molecule has 0 aliphatic rings. The second-order valence-corrected chi connectivity index (χ2v) is 5.92. The van der Waals surface area contributed by atoms with E-state index in [-0.39, 0.29) is 17.1 Å². The molecule has 1 amide bonds. The number of hydrogen-bond donors (Lipinski definition) is 2. The van der Waals surface area contributed by atoms with E-state index in [1.54, 1.807) is 36.5 Å². The minimum atomic E-state index is -0.522. The Morgan fingerprint density at radius 3 is 2.76 bits per heavy atom. The lowest BCUT2D eigenvalue weighted by Crippen LogP contribution is -2.18. The van der Waals surface area contributed by atoms with Crippen molar-refractivity contribution in [1.29, 1.82) is 0 Å². The molecule has 0 saturated heterocycles. The predicted molar refractivity (Wildman–Crippen MR) is 104 cm³/mol. The van der Waals surface area contributed by atoms with Crippen LogP contribution in [0.3, 0.4) is 0 Å². The van der Waals surface area contributed by atoms with Gasteiger partial charge in [0, 0.05) is 23.9 Å². The zero-order chi connectivity index (χ0) is 20.8. The number of hydrazone groups is 1. The van der Waals surface area contributed by atoms with Gasteiger partial charge in [0.1, 0.15) is 0 Å². The second-order valence-electron chi connectivity index (χ2n) is 5.92. The van der Waals surface area contributed by atoms with Gasteiger partial charge in [0.05, 0.1) is 24.8 Å². The van der Waals surface area contributed by atoms with Gasteiger partial charge < -0.3 is 9.84 Å². The number of carbonyl (C=O) groups excluding carboxylic acids is 1. The zero-order valence-corrected chi connectivity index (χ0v) is 15.3. The number of hydrogen-bond acceptors (Lipinski definition) is 7. The SMILES string of the molecule is COc1cccc(C=NNC(=O)c2ccn(Cc3ccc([N+](=O)[O-])cc3)n2)c1O. The standard InChI is InChI=1S/C19H17N5O5/c1-29-17-4-2-3-14(18(17)25)11-20-21-19(26)16-9-10-23(22-16)12-13-5-7-15(8-6-13)24(27)28/h2-11,25H,12H2,1H3,(H,21,26). The molecule has 0 atom stereocenters. The fourth-order valence-corrected chi connectivity index (χ4v) is 2.51. The molecule has 0 radical (unpaired) electrons. The number of benzene rings is 2. The number of aromatic nitrogens is 2. The molecule has 0 fully saturated rings. The van der Waals surface area contributed by atoms with Crippen LogP contribution in [0.4, 0.5) is 5.69 Å². The largest absolute Gasteiger partial charge is 0.504 e. The van der Waals surface area contributed by atoms with Crippen molar-refractivity contribution in [3.8, 4) is 11.5 Å². The summed E-state index contributed by atoms with van der Waals surface area (Å²) in [6.07, 6.45) is 2.91. The van der Waals surface area contributed by atoms with Crippen LogP contribution >= 0.6 is 0 Å². The molecule has 2 N–H and O–H groups in total. The van der Waals surface area contributed by atoms with Gasteiger partial charge in [0.2, 0.25) is 0 Å². The Kier molecular flexibility index (Phi) is 5.83. The molecule has 0 unspecified atom stereocenters. The van der Waals surface area contributed by atoms with E-state index in [9.17, 15) is 20.0 Å². The average Bonchev–Trinajstić information content (AvgIpc) is 3.18. The maximum absolute atomic E-state index is 12.2. The monoisotopic (exact) mass is 395 g/mol. The van der Waals surface area contributed by atoms with E-state index < -0.39 is 10.8 Å². The average molecular weight is 395 g/mol. The van der Waals surface area contributed by atoms with Crippen molar-refractivity contribution in [3.63, 3.8) is 0 Å². The molecule has 148 valence electrons. The van der Waals surface area contributed by atoms with Crippen LogP contribution in [0.2, 0.25) is 0 Å². The molecule has 0 aliphatic carbocycles. The van der Waals surface area contributed by atoms with Gasteiger partial charge in [-0.15, -0.1) is 0 Å². The van der Waals surface area contributed by atoms with Gasteiger partial charge >= 0.3 is 0 Å². The van der Waals surface area contributed by atoms with Crippen LogP contribution in [-0.2, 0) is 6.54 Å². The predicted octanol–water partition coefficient (Wildman–Crippen LogP) is 2.32. The Morgan fingerprint density at radius 2 is 2.07 bits per heavy atom. The molecule has 1 aromatic heterocycles. The first-order valence-corrected chi connectivity index (χ1v) is 8.44. The Morgan fingerprint density at radius 1 is 1.31 bits per heavy atom. The van der Waals surface area contributed by atoms with Crippen LogP contribution < -0.4 is 10.2 Å². The number of nitro benzene ring substituents is 1. The maximum Gasteiger partial charge on any atom is 0.291 e. The van der Waals surface area contributed by atoms with Crippen molar-refractivity contribution in [2.24, 2.45) is 5.10 Å². The molecule has 10 heteroatoms. The number of phenolic OH excluding ortho intramolecular Hbond substituents is 1. The third-order valence-electron chi connectivity index (χ3n) is 3.98. The highest BCUT2D eigenvalue weighted by Gasteiger charge is 2.10. The number of nitrogens with zero attached hydrogens (tertiary/aromatic N) is 4. The Bertz CT molecular complexity index is 1060. The van der Waals surface area contributed by atoms with Crippen molar-refractivity contribution in [1.82, 2.24) is 15.2 Å². The summed E-state index contributed by atoms with van der Waals surface area (Å²) in [4.78, 5) is 22.4. The van der Waals surface area contributed by atoms with Gasteiger partial charge in [-0.1, -0.05) is 18.2 Å². The first-order valence-electron chi connectivity index (χ1n) is 8.44. The summed E-state index contributed by atoms with van der Waals surface area (Å²) in [6.45, 7) is 0.353. The van der Waals surface area contributed by atoms with E-state index >= 15 is 0 Å². The number of nitrogens with one attached hydrogen (secondary N) is 1. The van der Waals surface area contributed by atoms with Crippen molar-refractivity contribution >= 4 is 17.8 Å². The Hall–Kier alpha value is -4.21. The number of methoxy groups -OCH3 is 1. The highest BCUT2D eigenvalue weighted by Crippen LogP contribution is 2.27. The number of non-ortho nitro benzene ring substituents is 1. The number of aromatic hydroxyl groups is 1. The van der Waals surface area contributed by atoms with Crippen molar-refractivity contribution in [2.45, 2.75) is 6.54 Å². The molecule has 0 saturated carbocycles. The minimum absolute atomic E-state index is 0.00853. The molecule has 29 heavy (non-hydrogen) atoms. The summed E-state index contributed by atoms with van der Waals surface area (Å²) in [6, 6.07) is 12.5. The molecule has 10 nitrogen and oxygen atoms in total. The van der Waals surface area contributed by atoms with Gasteiger partial charge in [0.25, 0.3) is 11.6 Å². The zero-order valence-electron chi connectivity index (χ0n) is 15.3. The van der Waals surface area contributed by atoms with E-state index in [1.807, 2.05) is 0 Å². The first kappa shape index (κ1) is 19.5. The molecule has 3 rings (SSSR count). The van der Waals surface area contributed by atoms with Crippen LogP contribution in [0.15, 0.2) is 59.8 Å². The fraction of sp³-hybridized carbons (Fsp3) is 0.105. The Balaban J connectivity index is 1.61. The number of para-hydroxylation sites is 1. The molecule has 0 bridgehead atoms. The smallest absolute Gasteiger partial charge is 0.291 e. The van der Waals surface area contributed by atoms with Crippen LogP contribution in [0.1, 0.15) is 21.6 Å². The van der Waals surface area contributed by atoms with E-state index in [0.717, 1.165) is 5.56 Å². The van der Waals surface area contributed by atoms with E-state index in [4.69, 9.17) is 4.74 Å². The highest BCUT2D eigenvalue weighted by atomic mass is 16.6. The number of amides is 1. The number of phenols is 1. The lowest BCUT2D eigenvalue weighted by Gasteiger charge is -2.04. The van der Waals surface area contributed by atoms with Gasteiger partial charge in [-0.3, -0.25) is 19.6 Å². The summed E-state index contributed by atoms with van der Waals surface area (Å²) in [5.41, 5.74) is 3.68. The summed E-state index contributed by atoms with van der Waals surface area (Å²) in [7, 11) is 1.44. The van der Waals surface area contributed by atoms with Crippen molar-refractivity contribution in [3.05, 3.63) is 81.7 Å². The molecular formula is C19H17N5O5.